The number of H-pyrrole nitrogens is 1. The second kappa shape index (κ2) is 8.50. The Kier molecular flexibility index (Phi) is 5.39. The van der Waals surface area contributed by atoms with Crippen LogP contribution in [-0.2, 0) is 0 Å². The molecule has 3 aromatic carbocycles. The van der Waals surface area contributed by atoms with E-state index in [1.807, 2.05) is 53.4 Å². The lowest BCUT2D eigenvalue weighted by Gasteiger charge is -2.33. The van der Waals surface area contributed by atoms with Crippen molar-refractivity contribution in [1.82, 2.24) is 14.9 Å². The van der Waals surface area contributed by atoms with Gasteiger partial charge < -0.3 is 15.2 Å². The fraction of sp³-hybridized carbons (Fsp3) is 0.259. The van der Waals surface area contributed by atoms with Crippen molar-refractivity contribution in [1.29, 1.82) is 0 Å². The van der Waals surface area contributed by atoms with Crippen molar-refractivity contribution in [2.45, 2.75) is 32.7 Å². The maximum atomic E-state index is 13.6. The monoisotopic (exact) mass is 424 g/mol. The number of benzene rings is 3. The average Bonchev–Trinajstić information content (AvgIpc) is 3.23. The van der Waals surface area contributed by atoms with Crippen LogP contribution in [-0.4, -0.2) is 39.9 Å². The van der Waals surface area contributed by atoms with E-state index in [-0.39, 0.29) is 11.9 Å². The number of para-hydroxylation sites is 2. The molecule has 1 unspecified atom stereocenters. The van der Waals surface area contributed by atoms with Crippen molar-refractivity contribution >= 4 is 22.9 Å². The van der Waals surface area contributed by atoms with Crippen LogP contribution in [0.25, 0.3) is 22.2 Å². The molecule has 1 saturated heterocycles. The largest absolute Gasteiger partial charge is 0.351 e. The predicted octanol–water partition coefficient (Wildman–Crippen LogP) is 5.56. The minimum atomic E-state index is 0.0925. The molecule has 5 rings (SSSR count). The fourth-order valence-electron chi connectivity index (χ4n) is 4.49. The molecule has 0 bridgehead atoms. The van der Waals surface area contributed by atoms with Crippen molar-refractivity contribution in [3.05, 3.63) is 83.4 Å². The summed E-state index contributed by atoms with van der Waals surface area (Å²) in [5.74, 6) is 0.857. The van der Waals surface area contributed by atoms with E-state index >= 15 is 0 Å². The number of rotatable bonds is 4. The molecule has 5 nitrogen and oxygen atoms in total. The third kappa shape index (κ3) is 3.98. The minimum Gasteiger partial charge on any atom is -0.351 e. The van der Waals surface area contributed by atoms with E-state index in [9.17, 15) is 4.79 Å². The van der Waals surface area contributed by atoms with Crippen LogP contribution in [0.2, 0.25) is 0 Å². The summed E-state index contributed by atoms with van der Waals surface area (Å²) < 4.78 is 0. The standard InChI is InChI=1S/C27H28N4O/c1-18-13-14-20(16-19(18)2)22-9-3-4-10-23(22)26(32)31-15-7-8-21(17-31)28-27-29-24-11-5-6-12-25(24)30-27/h3-6,9-14,16,21H,7-8,15,17H2,1-2H3,(H2,28,29,30). The molecule has 0 saturated carbocycles. The van der Waals surface area contributed by atoms with Gasteiger partial charge in [-0.2, -0.15) is 0 Å². The number of hydrogen-bond donors (Lipinski definition) is 2. The summed E-state index contributed by atoms with van der Waals surface area (Å²) in [5, 5.41) is 3.51. The number of anilines is 1. The second-order valence-electron chi connectivity index (χ2n) is 8.68. The molecule has 1 aliphatic rings. The second-order valence-corrected chi connectivity index (χ2v) is 8.68. The topological polar surface area (TPSA) is 61.0 Å². The maximum absolute atomic E-state index is 13.6. The zero-order valence-corrected chi connectivity index (χ0v) is 18.6. The van der Waals surface area contributed by atoms with Gasteiger partial charge in [0.25, 0.3) is 5.91 Å². The number of aryl methyl sites for hydroxylation is 2. The number of carbonyl (C=O) groups is 1. The van der Waals surface area contributed by atoms with E-state index in [1.165, 1.54) is 11.1 Å². The number of hydrogen-bond acceptors (Lipinski definition) is 3. The van der Waals surface area contributed by atoms with Gasteiger partial charge in [0.1, 0.15) is 0 Å². The van der Waals surface area contributed by atoms with Gasteiger partial charge in [0.2, 0.25) is 5.95 Å². The van der Waals surface area contributed by atoms with Crippen LogP contribution in [0.1, 0.15) is 34.3 Å². The number of aromatic amines is 1. The number of aromatic nitrogens is 2. The number of imidazole rings is 1. The molecule has 32 heavy (non-hydrogen) atoms. The van der Waals surface area contributed by atoms with E-state index in [0.717, 1.165) is 53.1 Å². The molecule has 1 atom stereocenters. The maximum Gasteiger partial charge on any atom is 0.254 e. The van der Waals surface area contributed by atoms with Gasteiger partial charge in [-0.1, -0.05) is 48.5 Å². The Balaban J connectivity index is 1.36. The predicted molar refractivity (Wildman–Crippen MR) is 130 cm³/mol. The number of likely N-dealkylation sites (tertiary alicyclic amines) is 1. The summed E-state index contributed by atoms with van der Waals surface area (Å²) in [6.45, 7) is 5.66. The molecule has 1 aliphatic heterocycles. The zero-order chi connectivity index (χ0) is 22.1. The summed E-state index contributed by atoms with van der Waals surface area (Å²) in [6, 6.07) is 22.5. The van der Waals surface area contributed by atoms with Gasteiger partial charge in [-0.15, -0.1) is 0 Å². The molecule has 0 radical (unpaired) electrons. The molecule has 1 fully saturated rings. The first-order valence-corrected chi connectivity index (χ1v) is 11.3. The van der Waals surface area contributed by atoms with Gasteiger partial charge in [-0.3, -0.25) is 4.79 Å². The SMILES string of the molecule is Cc1ccc(-c2ccccc2C(=O)N2CCCC(Nc3nc4ccccc4[nH]3)C2)cc1C. The summed E-state index contributed by atoms with van der Waals surface area (Å²) in [4.78, 5) is 23.5. The van der Waals surface area contributed by atoms with Gasteiger partial charge in [-0.25, -0.2) is 4.98 Å². The number of amides is 1. The Morgan fingerprint density at radius 3 is 2.69 bits per heavy atom. The highest BCUT2D eigenvalue weighted by molar-refractivity contribution is 6.01. The molecule has 1 aromatic heterocycles. The molecule has 5 heteroatoms. The molecule has 1 amide bonds. The molecular weight excluding hydrogens is 396 g/mol. The van der Waals surface area contributed by atoms with E-state index in [4.69, 9.17) is 0 Å². The fourth-order valence-corrected chi connectivity index (χ4v) is 4.49. The highest BCUT2D eigenvalue weighted by Gasteiger charge is 2.26. The number of nitrogens with one attached hydrogen (secondary N) is 2. The van der Waals surface area contributed by atoms with Crippen molar-refractivity contribution in [2.24, 2.45) is 0 Å². The lowest BCUT2D eigenvalue weighted by Crippen LogP contribution is -2.45. The van der Waals surface area contributed by atoms with E-state index in [1.54, 1.807) is 0 Å². The molecule has 2 N–H and O–H groups in total. The minimum absolute atomic E-state index is 0.0925. The highest BCUT2D eigenvalue weighted by Crippen LogP contribution is 2.28. The lowest BCUT2D eigenvalue weighted by atomic mass is 9.95. The van der Waals surface area contributed by atoms with Crippen LogP contribution < -0.4 is 5.32 Å². The third-order valence-electron chi connectivity index (χ3n) is 6.41. The molecule has 0 aliphatic carbocycles. The summed E-state index contributed by atoms with van der Waals surface area (Å²) in [7, 11) is 0. The number of nitrogens with zero attached hydrogens (tertiary/aromatic N) is 2. The van der Waals surface area contributed by atoms with Gasteiger partial charge in [0, 0.05) is 24.7 Å². The first kappa shape index (κ1) is 20.3. The van der Waals surface area contributed by atoms with Gasteiger partial charge >= 0.3 is 0 Å². The van der Waals surface area contributed by atoms with E-state index < -0.39 is 0 Å². The summed E-state index contributed by atoms with van der Waals surface area (Å²) >= 11 is 0. The summed E-state index contributed by atoms with van der Waals surface area (Å²) in [5.41, 5.74) is 7.30. The van der Waals surface area contributed by atoms with Crippen molar-refractivity contribution in [3.63, 3.8) is 0 Å². The van der Waals surface area contributed by atoms with Crippen LogP contribution in [0.5, 0.6) is 0 Å². The molecule has 162 valence electrons. The lowest BCUT2D eigenvalue weighted by molar-refractivity contribution is 0.0715. The first-order valence-electron chi connectivity index (χ1n) is 11.3. The highest BCUT2D eigenvalue weighted by atomic mass is 16.2. The van der Waals surface area contributed by atoms with Gasteiger partial charge in [0.05, 0.1) is 11.0 Å². The van der Waals surface area contributed by atoms with Crippen molar-refractivity contribution in [2.75, 3.05) is 18.4 Å². The molecule has 0 spiro atoms. The Labute approximate surface area is 188 Å². The normalized spacial score (nSPS) is 16.3. The Hall–Kier alpha value is -3.60. The molecule has 4 aromatic rings. The van der Waals surface area contributed by atoms with Crippen LogP contribution in [0.3, 0.4) is 0 Å². The summed E-state index contributed by atoms with van der Waals surface area (Å²) in [6.07, 6.45) is 1.98. The Bertz CT molecular complexity index is 1240. The van der Waals surface area contributed by atoms with Crippen molar-refractivity contribution in [3.8, 4) is 11.1 Å². The number of piperidine rings is 1. The molecular formula is C27H28N4O. The average molecular weight is 425 g/mol. The third-order valence-corrected chi connectivity index (χ3v) is 6.41. The van der Waals surface area contributed by atoms with Crippen LogP contribution in [0, 0.1) is 13.8 Å². The van der Waals surface area contributed by atoms with Gasteiger partial charge in [-0.05, 0) is 67.1 Å². The number of carbonyl (C=O) groups excluding carboxylic acids is 1. The van der Waals surface area contributed by atoms with Gasteiger partial charge in [0.15, 0.2) is 0 Å². The van der Waals surface area contributed by atoms with Crippen LogP contribution in [0.15, 0.2) is 66.7 Å². The van der Waals surface area contributed by atoms with E-state index in [0.29, 0.717) is 6.54 Å². The first-order chi connectivity index (χ1) is 15.6. The van der Waals surface area contributed by atoms with Crippen LogP contribution >= 0.6 is 0 Å². The quantitative estimate of drug-likeness (QED) is 0.451. The zero-order valence-electron chi connectivity index (χ0n) is 18.6. The smallest absolute Gasteiger partial charge is 0.254 e. The Morgan fingerprint density at radius 2 is 1.84 bits per heavy atom. The van der Waals surface area contributed by atoms with Crippen molar-refractivity contribution < 1.29 is 4.79 Å². The van der Waals surface area contributed by atoms with Crippen LogP contribution in [0.4, 0.5) is 5.95 Å². The van der Waals surface area contributed by atoms with E-state index in [2.05, 4.69) is 47.3 Å². The number of fused-ring (bicyclic) bond motifs is 1. The Morgan fingerprint density at radius 1 is 1.03 bits per heavy atom. The molecule has 2 heterocycles.